The van der Waals surface area contributed by atoms with Gasteiger partial charge >= 0.3 is 0 Å². The standard InChI is InChI=1S/2C32H20N2O.2C31H19N3O/c1-2-9-22(10-3-1)30-31(34-28-15-6-5-14-27(28)33-30)23-19-17-21(18-20-23)24-12-8-13-26-25-11-4-7-16-29(25)35-32(24)26;1-2-8-23(9-3-1)31-27-13-7-19-33-29(27)20-28(34-31)22-17-15-21(16-18-22)24-11-6-12-26-25-10-4-5-14-30(25)35-32(24)26;1-2-8-21(9-3-1)30-29(33-25-12-7-19-32-31(25)34-30)22-17-15-20(16-18-22)23-11-6-14-27-28(23)24-10-4-5-13-26(24)35-27;1-2-7-21(8-3-1)30-31(33-25-17-18-32-19-26(25)34-30)22-15-13-20(14-16-22)23-10-6-12-28-29(23)24-9-4-5-11-27(24)35-28/h2*1-20H;2*1-19H. The Balaban J connectivity index is 0.0000000985. The lowest BCUT2D eigenvalue weighted by Crippen LogP contribution is -1.96. The van der Waals surface area contributed by atoms with Crippen LogP contribution in [0.25, 0.3) is 266 Å². The normalized spacial score (nSPS) is 11.4. The second kappa shape index (κ2) is 36.0. The number of hydrogen-bond donors (Lipinski definition) is 0. The molecule has 0 N–H and O–H groups in total. The number of hydrogen-bond acceptors (Lipinski definition) is 14. The predicted octanol–water partition coefficient (Wildman–Crippen LogP) is 32.9. The molecule has 14 heteroatoms. The predicted molar refractivity (Wildman–Crippen MR) is 568 cm³/mol. The lowest BCUT2D eigenvalue weighted by atomic mass is 9.97. The summed E-state index contributed by atoms with van der Waals surface area (Å²) in [6.07, 6.45) is 7.10. The highest BCUT2D eigenvalue weighted by Gasteiger charge is 2.23. The maximum atomic E-state index is 6.26. The van der Waals surface area contributed by atoms with Gasteiger partial charge in [0.25, 0.3) is 0 Å². The van der Waals surface area contributed by atoms with E-state index >= 15 is 0 Å². The van der Waals surface area contributed by atoms with Crippen LogP contribution in [0.4, 0.5) is 0 Å². The minimum atomic E-state index is 0.644. The van der Waals surface area contributed by atoms with Crippen molar-refractivity contribution in [2.75, 3.05) is 0 Å². The van der Waals surface area contributed by atoms with Crippen molar-refractivity contribution >= 4 is 132 Å². The summed E-state index contributed by atoms with van der Waals surface area (Å²) in [7, 11) is 0. The molecule has 0 aliphatic carbocycles. The van der Waals surface area contributed by atoms with Gasteiger partial charge < -0.3 is 17.7 Å². The van der Waals surface area contributed by atoms with Gasteiger partial charge in [0.05, 0.1) is 73.8 Å². The van der Waals surface area contributed by atoms with Gasteiger partial charge in [-0.2, -0.15) is 0 Å². The SMILES string of the molecule is c1ccc(-c2nc(-c3ccc(-c4cccc5c4oc4ccccc45)cc3)cc3ncccc23)cc1.c1ccc(-c2nc3ccccc3nc2-c2ccc(-c3cccc4c3oc3ccccc34)cc2)cc1.c1ccc(-c2nc3cnccc3nc2-c2ccc(-c3cccc4oc5ccccc5c34)cc2)cc1.c1ccc(-c2nc3ncccc3nc2-c2ccc(-c3cccc4oc5ccccc5c34)cc2)cc1. The molecule has 28 aromatic rings. The smallest absolute Gasteiger partial charge is 0.178 e. The van der Waals surface area contributed by atoms with Crippen LogP contribution < -0.4 is 0 Å². The maximum Gasteiger partial charge on any atom is 0.178 e. The first-order chi connectivity index (χ1) is 69.4. The molecule has 0 amide bonds. The molecule has 0 spiro atoms. The van der Waals surface area contributed by atoms with Crippen molar-refractivity contribution in [1.29, 1.82) is 0 Å². The molecule has 0 aliphatic rings. The Bertz CT molecular complexity index is 9270. The van der Waals surface area contributed by atoms with Crippen molar-refractivity contribution in [3.8, 4) is 135 Å². The van der Waals surface area contributed by atoms with Crippen molar-refractivity contribution < 1.29 is 17.7 Å². The van der Waals surface area contributed by atoms with Gasteiger partial charge in [-0.05, 0) is 118 Å². The van der Waals surface area contributed by atoms with E-state index in [4.69, 9.17) is 52.6 Å². The van der Waals surface area contributed by atoms with E-state index in [1.165, 1.54) is 0 Å². The second-order valence-corrected chi connectivity index (χ2v) is 34.3. The highest BCUT2D eigenvalue weighted by molar-refractivity contribution is 6.15. The molecule has 0 saturated heterocycles. The number of nitrogens with zero attached hydrogens (tertiary/aromatic N) is 10. The topological polar surface area (TPSA) is 181 Å². The van der Waals surface area contributed by atoms with Crippen LogP contribution in [0.2, 0.25) is 0 Å². The molecule has 14 nitrogen and oxygen atoms in total. The van der Waals surface area contributed by atoms with Gasteiger partial charge in [0.15, 0.2) is 5.65 Å². The van der Waals surface area contributed by atoms with Gasteiger partial charge in [-0.25, -0.2) is 39.9 Å². The van der Waals surface area contributed by atoms with Gasteiger partial charge in [-0.15, -0.1) is 0 Å². The molecule has 656 valence electrons. The van der Waals surface area contributed by atoms with Crippen molar-refractivity contribution in [2.24, 2.45) is 0 Å². The van der Waals surface area contributed by atoms with Crippen LogP contribution in [0.15, 0.2) is 491 Å². The zero-order chi connectivity index (χ0) is 92.8. The minimum absolute atomic E-state index is 0.644. The summed E-state index contributed by atoms with van der Waals surface area (Å²) in [5.41, 5.74) is 37.2. The van der Waals surface area contributed by atoms with Crippen LogP contribution in [0.1, 0.15) is 0 Å². The molecule has 0 saturated carbocycles. The Morgan fingerprint density at radius 3 is 0.950 bits per heavy atom. The monoisotopic (exact) mass is 1790 g/mol. The lowest BCUT2D eigenvalue weighted by Gasteiger charge is -2.11. The molecular formula is C126H78N10O4. The fourth-order valence-electron chi connectivity index (χ4n) is 19.1. The lowest BCUT2D eigenvalue weighted by molar-refractivity contribution is 0.668. The molecule has 0 radical (unpaired) electrons. The number of rotatable bonds is 12. The Kier molecular flexibility index (Phi) is 21.3. The van der Waals surface area contributed by atoms with Crippen LogP contribution in [0.3, 0.4) is 0 Å². The quantitative estimate of drug-likeness (QED) is 0.113. The molecule has 0 bridgehead atoms. The Hall–Kier alpha value is -19.2. The Labute approximate surface area is 802 Å². The minimum Gasteiger partial charge on any atom is -0.456 e. The van der Waals surface area contributed by atoms with Crippen molar-refractivity contribution in [3.05, 3.63) is 474 Å². The molecule has 0 unspecified atom stereocenters. The van der Waals surface area contributed by atoms with Crippen LogP contribution in [-0.2, 0) is 0 Å². The molecule has 0 fully saturated rings. The molecular weight excluding hydrogens is 1720 g/mol. The van der Waals surface area contributed by atoms with Gasteiger partial charge in [-0.1, -0.05) is 364 Å². The molecule has 11 heterocycles. The second-order valence-electron chi connectivity index (χ2n) is 34.3. The third kappa shape index (κ3) is 15.6. The summed E-state index contributed by atoms with van der Waals surface area (Å²) in [4.78, 5) is 48.1. The molecule has 28 rings (SSSR count). The average Bonchev–Trinajstić information content (AvgIpc) is 1.59. The van der Waals surface area contributed by atoms with E-state index in [9.17, 15) is 0 Å². The van der Waals surface area contributed by atoms with E-state index in [1.807, 2.05) is 212 Å². The van der Waals surface area contributed by atoms with Crippen LogP contribution in [0, 0.1) is 0 Å². The number of furan rings is 4. The van der Waals surface area contributed by atoms with E-state index in [0.29, 0.717) is 5.65 Å². The molecule has 140 heavy (non-hydrogen) atoms. The van der Waals surface area contributed by atoms with Gasteiger partial charge in [-0.3, -0.25) is 9.97 Å². The molecule has 0 aliphatic heterocycles. The van der Waals surface area contributed by atoms with Crippen molar-refractivity contribution in [3.63, 3.8) is 0 Å². The first kappa shape index (κ1) is 82.7. The van der Waals surface area contributed by atoms with Crippen LogP contribution in [0.5, 0.6) is 0 Å². The zero-order valence-electron chi connectivity index (χ0n) is 75.1. The molecule has 0 atom stereocenters. The van der Waals surface area contributed by atoms with Gasteiger partial charge in [0.2, 0.25) is 0 Å². The van der Waals surface area contributed by atoms with E-state index in [0.717, 1.165) is 261 Å². The van der Waals surface area contributed by atoms with Gasteiger partial charge in [0, 0.05) is 123 Å². The van der Waals surface area contributed by atoms with Crippen LogP contribution >= 0.6 is 0 Å². The summed E-state index contributed by atoms with van der Waals surface area (Å²) in [5.74, 6) is 0. The van der Waals surface area contributed by atoms with E-state index in [2.05, 4.69) is 258 Å². The number of aromatic nitrogens is 10. The number of benzene rings is 17. The summed E-state index contributed by atoms with van der Waals surface area (Å²) < 4.78 is 24.7. The maximum absolute atomic E-state index is 6.26. The average molecular weight is 1800 g/mol. The van der Waals surface area contributed by atoms with Gasteiger partial charge in [0.1, 0.15) is 55.7 Å². The summed E-state index contributed by atoms with van der Waals surface area (Å²) in [5, 5.41) is 10.1. The summed E-state index contributed by atoms with van der Waals surface area (Å²) in [6.45, 7) is 0. The molecule has 11 aromatic heterocycles. The first-order valence-electron chi connectivity index (χ1n) is 46.4. The third-order valence-corrected chi connectivity index (χ3v) is 25.8. The Morgan fingerprint density at radius 2 is 0.479 bits per heavy atom. The summed E-state index contributed by atoms with van der Waals surface area (Å²) in [6, 6.07) is 153. The van der Waals surface area contributed by atoms with E-state index < -0.39 is 0 Å². The number of fused-ring (bicyclic) bond motifs is 16. The molecule has 17 aromatic carbocycles. The first-order valence-corrected chi connectivity index (χ1v) is 46.4. The van der Waals surface area contributed by atoms with Crippen LogP contribution in [-0.4, -0.2) is 49.8 Å². The highest BCUT2D eigenvalue weighted by atomic mass is 16.3. The van der Waals surface area contributed by atoms with E-state index in [-0.39, 0.29) is 0 Å². The summed E-state index contributed by atoms with van der Waals surface area (Å²) >= 11 is 0. The fourth-order valence-corrected chi connectivity index (χ4v) is 19.1. The Morgan fingerprint density at radius 1 is 0.164 bits per heavy atom. The zero-order valence-corrected chi connectivity index (χ0v) is 75.1. The highest BCUT2D eigenvalue weighted by Crippen LogP contribution is 2.45. The fraction of sp³-hybridized carbons (Fsp3) is 0. The number of para-hydroxylation sites is 8. The van der Waals surface area contributed by atoms with Crippen molar-refractivity contribution in [2.45, 2.75) is 0 Å². The van der Waals surface area contributed by atoms with E-state index in [1.54, 1.807) is 18.6 Å². The number of pyridine rings is 4. The van der Waals surface area contributed by atoms with Crippen molar-refractivity contribution in [1.82, 2.24) is 49.8 Å². The third-order valence-electron chi connectivity index (χ3n) is 25.8. The largest absolute Gasteiger partial charge is 0.456 e.